The van der Waals surface area contributed by atoms with E-state index in [1.165, 1.54) is 0 Å². The van der Waals surface area contributed by atoms with Crippen LogP contribution in [0.1, 0.15) is 30.1 Å². The summed E-state index contributed by atoms with van der Waals surface area (Å²) in [6.45, 7) is 2.77. The van der Waals surface area contributed by atoms with Gasteiger partial charge >= 0.3 is 0 Å². The average molecular weight is 291 g/mol. The third-order valence-corrected chi connectivity index (χ3v) is 3.31. The Morgan fingerprint density at radius 1 is 1.53 bits per heavy atom. The molecule has 0 aromatic heterocycles. The lowest BCUT2D eigenvalue weighted by atomic mass is 10.2. The van der Waals surface area contributed by atoms with Gasteiger partial charge in [0.25, 0.3) is 5.91 Å². The smallest absolute Gasteiger partial charge is 0.252 e. The van der Waals surface area contributed by atoms with Gasteiger partial charge in [-0.3, -0.25) is 4.79 Å². The Morgan fingerprint density at radius 2 is 2.27 bits per heavy atom. The normalized spacial score (nSPS) is 10.1. The number of halogens is 2. The van der Waals surface area contributed by atoms with E-state index in [1.54, 1.807) is 12.1 Å². The zero-order valence-electron chi connectivity index (χ0n) is 8.52. The molecule has 0 aliphatic heterocycles. The summed E-state index contributed by atoms with van der Waals surface area (Å²) >= 11 is 9.28. The molecule has 0 spiro atoms. The minimum atomic E-state index is -0.116. The molecule has 15 heavy (non-hydrogen) atoms. The Balaban J connectivity index is 2.69. The Kier molecular flexibility index (Phi) is 5.12. The first-order valence-electron chi connectivity index (χ1n) is 4.89. The van der Waals surface area contributed by atoms with Crippen molar-refractivity contribution in [1.29, 1.82) is 0 Å². The van der Waals surface area contributed by atoms with E-state index < -0.39 is 0 Å². The fraction of sp³-hybridized carbons (Fsp3) is 0.364. The fourth-order valence-electron chi connectivity index (χ4n) is 1.15. The van der Waals surface area contributed by atoms with Crippen LogP contribution in [0, 0.1) is 0 Å². The lowest BCUT2D eigenvalue weighted by Crippen LogP contribution is -2.24. The van der Waals surface area contributed by atoms with Crippen LogP contribution in [0.2, 0.25) is 5.02 Å². The molecule has 0 bridgehead atoms. The molecule has 1 amide bonds. The summed E-state index contributed by atoms with van der Waals surface area (Å²) in [5, 5.41) is 3.29. The first kappa shape index (κ1) is 12.5. The number of amides is 1. The van der Waals surface area contributed by atoms with E-state index in [0.29, 0.717) is 17.1 Å². The summed E-state index contributed by atoms with van der Waals surface area (Å²) in [5.74, 6) is -0.116. The highest BCUT2D eigenvalue weighted by Crippen LogP contribution is 2.25. The van der Waals surface area contributed by atoms with Crippen molar-refractivity contribution in [2.45, 2.75) is 19.8 Å². The maximum atomic E-state index is 11.7. The Hall–Kier alpha value is -0.540. The molecule has 0 saturated carbocycles. The first-order valence-corrected chi connectivity index (χ1v) is 6.06. The second-order valence-corrected chi connectivity index (χ2v) is 4.44. The van der Waals surface area contributed by atoms with Crippen molar-refractivity contribution in [2.75, 3.05) is 6.54 Å². The fourth-order valence-corrected chi connectivity index (χ4v) is 1.73. The van der Waals surface area contributed by atoms with Gasteiger partial charge < -0.3 is 5.32 Å². The number of carbonyl (C=O) groups is 1. The summed E-state index contributed by atoms with van der Waals surface area (Å²) in [7, 11) is 0. The van der Waals surface area contributed by atoms with Crippen molar-refractivity contribution in [1.82, 2.24) is 5.32 Å². The number of rotatable bonds is 4. The largest absolute Gasteiger partial charge is 0.352 e. The molecule has 0 atom stereocenters. The lowest BCUT2D eigenvalue weighted by molar-refractivity contribution is 0.0953. The van der Waals surface area contributed by atoms with Gasteiger partial charge in [-0.1, -0.05) is 31.0 Å². The Labute approximate surface area is 103 Å². The molecule has 2 nitrogen and oxygen atoms in total. The molecule has 0 aliphatic rings. The van der Waals surface area contributed by atoms with Crippen LogP contribution in [0.4, 0.5) is 0 Å². The van der Waals surface area contributed by atoms with Gasteiger partial charge in [-0.25, -0.2) is 0 Å². The molecule has 1 aromatic rings. The van der Waals surface area contributed by atoms with E-state index in [1.807, 2.05) is 6.07 Å². The highest BCUT2D eigenvalue weighted by Gasteiger charge is 2.11. The molecule has 4 heteroatoms. The SMILES string of the molecule is CCCCNC(=O)c1cccc(Br)c1Cl. The zero-order chi connectivity index (χ0) is 11.3. The van der Waals surface area contributed by atoms with E-state index in [9.17, 15) is 4.79 Å². The van der Waals surface area contributed by atoms with Gasteiger partial charge in [0.05, 0.1) is 10.6 Å². The van der Waals surface area contributed by atoms with Crippen LogP contribution in [0.15, 0.2) is 22.7 Å². The molecular weight excluding hydrogens is 277 g/mol. The predicted molar refractivity (Wildman–Crippen MR) is 66.4 cm³/mol. The summed E-state index contributed by atoms with van der Waals surface area (Å²) in [4.78, 5) is 11.7. The average Bonchev–Trinajstić information content (AvgIpc) is 2.22. The lowest BCUT2D eigenvalue weighted by Gasteiger charge is -2.06. The highest BCUT2D eigenvalue weighted by atomic mass is 79.9. The first-order chi connectivity index (χ1) is 7.16. The molecule has 1 rings (SSSR count). The van der Waals surface area contributed by atoms with Gasteiger partial charge in [0, 0.05) is 11.0 Å². The minimum absolute atomic E-state index is 0.116. The third-order valence-electron chi connectivity index (χ3n) is 2.01. The van der Waals surface area contributed by atoms with Crippen molar-refractivity contribution < 1.29 is 4.79 Å². The maximum Gasteiger partial charge on any atom is 0.252 e. The molecule has 82 valence electrons. The second kappa shape index (κ2) is 6.13. The molecule has 0 fully saturated rings. The van der Waals surface area contributed by atoms with E-state index in [-0.39, 0.29) is 5.91 Å². The molecular formula is C11H13BrClNO. The molecule has 0 unspecified atom stereocenters. The summed E-state index contributed by atoms with van der Waals surface area (Å²) in [6, 6.07) is 5.32. The number of carbonyl (C=O) groups excluding carboxylic acids is 1. The predicted octanol–water partition coefficient (Wildman–Crippen LogP) is 3.63. The van der Waals surface area contributed by atoms with Gasteiger partial charge in [-0.15, -0.1) is 0 Å². The Bertz CT molecular complexity index is 354. The quantitative estimate of drug-likeness (QED) is 0.843. The van der Waals surface area contributed by atoms with Gasteiger partial charge in [0.1, 0.15) is 0 Å². The van der Waals surface area contributed by atoms with E-state index in [4.69, 9.17) is 11.6 Å². The van der Waals surface area contributed by atoms with Gasteiger partial charge in [0.2, 0.25) is 0 Å². The standard InChI is InChI=1S/C11H13BrClNO/c1-2-3-7-14-11(15)8-5-4-6-9(12)10(8)13/h4-6H,2-3,7H2,1H3,(H,14,15). The van der Waals surface area contributed by atoms with E-state index in [0.717, 1.165) is 17.3 Å². The monoisotopic (exact) mass is 289 g/mol. The van der Waals surface area contributed by atoms with Crippen molar-refractivity contribution in [3.63, 3.8) is 0 Å². The molecule has 1 N–H and O–H groups in total. The van der Waals surface area contributed by atoms with Crippen LogP contribution in [0.5, 0.6) is 0 Å². The summed E-state index contributed by atoms with van der Waals surface area (Å²) in [5.41, 5.74) is 0.516. The highest BCUT2D eigenvalue weighted by molar-refractivity contribution is 9.10. The number of nitrogens with one attached hydrogen (secondary N) is 1. The van der Waals surface area contributed by atoms with E-state index >= 15 is 0 Å². The summed E-state index contributed by atoms with van der Waals surface area (Å²) in [6.07, 6.45) is 2.05. The van der Waals surface area contributed by atoms with E-state index in [2.05, 4.69) is 28.2 Å². The van der Waals surface area contributed by atoms with Crippen molar-refractivity contribution >= 4 is 33.4 Å². The van der Waals surface area contributed by atoms with Gasteiger partial charge in [0.15, 0.2) is 0 Å². The molecule has 0 saturated heterocycles. The van der Waals surface area contributed by atoms with Crippen LogP contribution in [-0.4, -0.2) is 12.5 Å². The van der Waals surface area contributed by atoms with Crippen molar-refractivity contribution in [3.8, 4) is 0 Å². The molecule has 0 heterocycles. The van der Waals surface area contributed by atoms with Crippen molar-refractivity contribution in [2.24, 2.45) is 0 Å². The maximum absolute atomic E-state index is 11.7. The molecule has 0 aliphatic carbocycles. The van der Waals surface area contributed by atoms with Crippen LogP contribution < -0.4 is 5.32 Å². The number of hydrogen-bond acceptors (Lipinski definition) is 1. The van der Waals surface area contributed by atoms with Crippen LogP contribution in [-0.2, 0) is 0 Å². The molecule has 1 aromatic carbocycles. The van der Waals surface area contributed by atoms with Crippen LogP contribution in [0.25, 0.3) is 0 Å². The molecule has 0 radical (unpaired) electrons. The number of hydrogen-bond donors (Lipinski definition) is 1. The van der Waals surface area contributed by atoms with Crippen LogP contribution in [0.3, 0.4) is 0 Å². The van der Waals surface area contributed by atoms with Gasteiger partial charge in [-0.05, 0) is 34.5 Å². The third kappa shape index (κ3) is 3.50. The van der Waals surface area contributed by atoms with Gasteiger partial charge in [-0.2, -0.15) is 0 Å². The minimum Gasteiger partial charge on any atom is -0.352 e. The zero-order valence-corrected chi connectivity index (χ0v) is 10.9. The van der Waals surface area contributed by atoms with Crippen molar-refractivity contribution in [3.05, 3.63) is 33.3 Å². The number of unbranched alkanes of at least 4 members (excludes halogenated alkanes) is 1. The number of benzene rings is 1. The van der Waals surface area contributed by atoms with Crippen LogP contribution >= 0.6 is 27.5 Å². The topological polar surface area (TPSA) is 29.1 Å². The summed E-state index contributed by atoms with van der Waals surface area (Å²) < 4.78 is 0.743. The second-order valence-electron chi connectivity index (χ2n) is 3.21. The Morgan fingerprint density at radius 3 is 2.93 bits per heavy atom.